The van der Waals surface area contributed by atoms with Gasteiger partial charge in [0.2, 0.25) is 0 Å². The fourth-order valence-electron chi connectivity index (χ4n) is 1.79. The third kappa shape index (κ3) is 2.74. The number of nitrogens with two attached hydrogens (primary N) is 1. The molecule has 0 fully saturated rings. The predicted octanol–water partition coefficient (Wildman–Crippen LogP) is 1.51. The highest BCUT2D eigenvalue weighted by Gasteiger charge is 2.16. The van der Waals surface area contributed by atoms with Crippen molar-refractivity contribution in [1.82, 2.24) is 10.3 Å². The number of ether oxygens (including phenoxy) is 1. The van der Waals surface area contributed by atoms with Crippen LogP contribution in [-0.4, -0.2) is 23.2 Å². The van der Waals surface area contributed by atoms with E-state index in [1.807, 2.05) is 24.3 Å². The molecule has 0 spiro atoms. The van der Waals surface area contributed by atoms with E-state index in [1.165, 1.54) is 13.3 Å². The second kappa shape index (κ2) is 5.53. The van der Waals surface area contributed by atoms with Crippen molar-refractivity contribution in [2.75, 3.05) is 7.11 Å². The predicted molar refractivity (Wildman–Crippen MR) is 78.2 cm³/mol. The van der Waals surface area contributed by atoms with Crippen molar-refractivity contribution in [2.24, 2.45) is 5.73 Å². The number of benzene rings is 1. The van der Waals surface area contributed by atoms with Gasteiger partial charge in [-0.3, -0.25) is 0 Å². The Hall–Kier alpha value is -2.34. The van der Waals surface area contributed by atoms with Crippen molar-refractivity contribution in [1.29, 1.82) is 0 Å². The van der Waals surface area contributed by atoms with Crippen molar-refractivity contribution in [3.63, 3.8) is 0 Å². The number of H-pyrrole nitrogens is 1. The lowest BCUT2D eigenvalue weighted by Gasteiger charge is -2.05. The SMILES string of the molecule is COC(=O)/C(=C/NC(N)=S)c1c[nH]c2ccccc12. The molecule has 1 heterocycles. The number of rotatable bonds is 3. The minimum Gasteiger partial charge on any atom is -0.465 e. The topological polar surface area (TPSA) is 80.1 Å². The van der Waals surface area contributed by atoms with Gasteiger partial charge in [0, 0.05) is 28.9 Å². The molecular formula is C13H13N3O2S. The fourth-order valence-corrected chi connectivity index (χ4v) is 1.85. The Bertz CT molecular complexity index is 661. The van der Waals surface area contributed by atoms with Gasteiger partial charge in [0.15, 0.2) is 5.11 Å². The van der Waals surface area contributed by atoms with Crippen LogP contribution >= 0.6 is 12.2 Å². The van der Waals surface area contributed by atoms with Crippen LogP contribution in [0.25, 0.3) is 16.5 Å². The average Bonchev–Trinajstić information content (AvgIpc) is 2.82. The molecule has 5 nitrogen and oxygen atoms in total. The lowest BCUT2D eigenvalue weighted by Crippen LogP contribution is -2.25. The van der Waals surface area contributed by atoms with Crippen LogP contribution in [0, 0.1) is 0 Å². The van der Waals surface area contributed by atoms with E-state index in [9.17, 15) is 4.79 Å². The van der Waals surface area contributed by atoms with E-state index in [0.717, 1.165) is 16.5 Å². The smallest absolute Gasteiger partial charge is 0.340 e. The Labute approximate surface area is 115 Å². The van der Waals surface area contributed by atoms with Gasteiger partial charge >= 0.3 is 5.97 Å². The van der Waals surface area contributed by atoms with Crippen molar-refractivity contribution < 1.29 is 9.53 Å². The summed E-state index contributed by atoms with van der Waals surface area (Å²) in [5.74, 6) is -0.464. The van der Waals surface area contributed by atoms with E-state index in [0.29, 0.717) is 5.57 Å². The summed E-state index contributed by atoms with van der Waals surface area (Å²) < 4.78 is 4.77. The summed E-state index contributed by atoms with van der Waals surface area (Å²) in [5.41, 5.74) is 7.38. The second-order valence-electron chi connectivity index (χ2n) is 3.81. The molecule has 0 atom stereocenters. The average molecular weight is 275 g/mol. The van der Waals surface area contributed by atoms with E-state index in [-0.39, 0.29) is 5.11 Å². The Morgan fingerprint density at radius 3 is 2.89 bits per heavy atom. The van der Waals surface area contributed by atoms with E-state index >= 15 is 0 Å². The largest absolute Gasteiger partial charge is 0.465 e. The first kappa shape index (κ1) is 13.1. The van der Waals surface area contributed by atoms with Gasteiger partial charge in [0.05, 0.1) is 12.7 Å². The zero-order valence-electron chi connectivity index (χ0n) is 10.3. The zero-order valence-corrected chi connectivity index (χ0v) is 11.1. The highest BCUT2D eigenvalue weighted by atomic mass is 32.1. The molecular weight excluding hydrogens is 262 g/mol. The number of thiocarbonyl (C=S) groups is 1. The van der Waals surface area contributed by atoms with Crippen molar-refractivity contribution in [3.8, 4) is 0 Å². The summed E-state index contributed by atoms with van der Waals surface area (Å²) in [4.78, 5) is 14.9. The lowest BCUT2D eigenvalue weighted by molar-refractivity contribution is -0.133. The maximum absolute atomic E-state index is 11.8. The molecule has 2 rings (SSSR count). The molecule has 0 saturated carbocycles. The molecule has 0 saturated heterocycles. The monoisotopic (exact) mass is 275 g/mol. The summed E-state index contributed by atoms with van der Waals surface area (Å²) in [6.07, 6.45) is 3.19. The maximum atomic E-state index is 11.8. The summed E-state index contributed by atoms with van der Waals surface area (Å²) in [6.45, 7) is 0. The van der Waals surface area contributed by atoms with E-state index < -0.39 is 5.97 Å². The van der Waals surface area contributed by atoms with Crippen LogP contribution < -0.4 is 11.1 Å². The van der Waals surface area contributed by atoms with E-state index in [4.69, 9.17) is 22.7 Å². The molecule has 0 aliphatic heterocycles. The van der Waals surface area contributed by atoms with Crippen LogP contribution in [0.2, 0.25) is 0 Å². The molecule has 1 aromatic heterocycles. The number of aromatic amines is 1. The summed E-state index contributed by atoms with van der Waals surface area (Å²) >= 11 is 4.72. The first-order valence-electron chi connectivity index (χ1n) is 5.54. The molecule has 2 aromatic rings. The molecule has 0 aliphatic carbocycles. The number of hydrogen-bond donors (Lipinski definition) is 3. The van der Waals surface area contributed by atoms with Crippen molar-refractivity contribution >= 4 is 39.8 Å². The highest BCUT2D eigenvalue weighted by molar-refractivity contribution is 7.80. The van der Waals surface area contributed by atoms with Gasteiger partial charge in [-0.2, -0.15) is 0 Å². The van der Waals surface area contributed by atoms with Crippen LogP contribution in [0.3, 0.4) is 0 Å². The van der Waals surface area contributed by atoms with Gasteiger partial charge in [-0.05, 0) is 18.3 Å². The van der Waals surface area contributed by atoms with E-state index in [1.54, 1.807) is 6.20 Å². The maximum Gasteiger partial charge on any atom is 0.340 e. The zero-order chi connectivity index (χ0) is 13.8. The second-order valence-corrected chi connectivity index (χ2v) is 4.25. The summed E-state index contributed by atoms with van der Waals surface area (Å²) in [5, 5.41) is 3.65. The third-order valence-electron chi connectivity index (χ3n) is 2.64. The normalized spacial score (nSPS) is 11.3. The first-order valence-corrected chi connectivity index (χ1v) is 5.95. The van der Waals surface area contributed by atoms with Gasteiger partial charge in [-0.1, -0.05) is 18.2 Å². The molecule has 6 heteroatoms. The number of esters is 1. The molecule has 19 heavy (non-hydrogen) atoms. The Balaban J connectivity index is 2.51. The van der Waals surface area contributed by atoms with Crippen molar-refractivity contribution in [3.05, 3.63) is 42.2 Å². The number of para-hydroxylation sites is 1. The van der Waals surface area contributed by atoms with Crippen LogP contribution in [-0.2, 0) is 9.53 Å². The van der Waals surface area contributed by atoms with Gasteiger partial charge in [0.25, 0.3) is 0 Å². The van der Waals surface area contributed by atoms with Crippen LogP contribution in [0.15, 0.2) is 36.7 Å². The number of hydrogen-bond acceptors (Lipinski definition) is 3. The highest BCUT2D eigenvalue weighted by Crippen LogP contribution is 2.25. The number of carbonyl (C=O) groups is 1. The number of methoxy groups -OCH3 is 1. The molecule has 0 amide bonds. The van der Waals surface area contributed by atoms with Crippen LogP contribution in [0.1, 0.15) is 5.56 Å². The molecule has 1 aromatic carbocycles. The number of aromatic nitrogens is 1. The number of carbonyl (C=O) groups excluding carboxylic acids is 1. The Morgan fingerprint density at radius 2 is 2.21 bits per heavy atom. The minimum absolute atomic E-state index is 0.0845. The van der Waals surface area contributed by atoms with Crippen LogP contribution in [0.5, 0.6) is 0 Å². The number of fused-ring (bicyclic) bond motifs is 1. The summed E-state index contributed by atoms with van der Waals surface area (Å²) in [6, 6.07) is 7.65. The fraction of sp³-hybridized carbons (Fsp3) is 0.0769. The standard InChI is InChI=1S/C13H13N3O2S/c1-18-12(17)10(7-16-13(14)19)9-6-15-11-5-3-2-4-8(9)11/h2-7,15H,1H3,(H3,14,16,19)/b10-7+. The molecule has 0 radical (unpaired) electrons. The first-order chi connectivity index (χ1) is 9.13. The third-order valence-corrected chi connectivity index (χ3v) is 2.76. The number of nitrogens with one attached hydrogen (secondary N) is 2. The van der Waals surface area contributed by atoms with Gasteiger partial charge in [-0.15, -0.1) is 0 Å². The molecule has 0 bridgehead atoms. The summed E-state index contributed by atoms with van der Waals surface area (Å²) in [7, 11) is 1.33. The molecule has 98 valence electrons. The quantitative estimate of drug-likeness (QED) is 0.449. The minimum atomic E-state index is -0.464. The van der Waals surface area contributed by atoms with Gasteiger partial charge in [0.1, 0.15) is 0 Å². The van der Waals surface area contributed by atoms with Gasteiger partial charge in [-0.25, -0.2) is 4.79 Å². The van der Waals surface area contributed by atoms with Gasteiger partial charge < -0.3 is 20.8 Å². The van der Waals surface area contributed by atoms with Crippen molar-refractivity contribution in [2.45, 2.75) is 0 Å². The Morgan fingerprint density at radius 1 is 1.47 bits per heavy atom. The molecule has 4 N–H and O–H groups in total. The van der Waals surface area contributed by atoms with E-state index in [2.05, 4.69) is 10.3 Å². The molecule has 0 unspecified atom stereocenters. The Kier molecular flexibility index (Phi) is 3.82. The van der Waals surface area contributed by atoms with Crippen LogP contribution in [0.4, 0.5) is 0 Å². The molecule has 0 aliphatic rings. The lowest BCUT2D eigenvalue weighted by atomic mass is 10.1.